The number of hydrogen-bond acceptors (Lipinski definition) is 4. The van der Waals surface area contributed by atoms with Crippen molar-refractivity contribution in [1.82, 2.24) is 4.72 Å². The lowest BCUT2D eigenvalue weighted by Crippen LogP contribution is -2.45. The molecule has 2 unspecified atom stereocenters. The number of hydrogen-bond donors (Lipinski definition) is 1. The zero-order chi connectivity index (χ0) is 16.9. The number of ether oxygens (including phenoxy) is 1. The van der Waals surface area contributed by atoms with Crippen molar-refractivity contribution >= 4 is 10.0 Å². The summed E-state index contributed by atoms with van der Waals surface area (Å²) in [7, 11) is -3.47. The molecule has 0 heterocycles. The second-order valence-electron chi connectivity index (χ2n) is 5.72. The van der Waals surface area contributed by atoms with Crippen molar-refractivity contribution in [3.05, 3.63) is 29.8 Å². The maximum atomic E-state index is 15.4. The summed E-state index contributed by atoms with van der Waals surface area (Å²) in [5.41, 5.74) is -1.28. The molecule has 1 aromatic rings. The quantitative estimate of drug-likeness (QED) is 0.827. The summed E-state index contributed by atoms with van der Waals surface area (Å²) in [6, 6.07) is 7.51. The highest BCUT2D eigenvalue weighted by atomic mass is 32.2. The Kier molecular flexibility index (Phi) is 5.60. The van der Waals surface area contributed by atoms with Gasteiger partial charge in [0.15, 0.2) is 12.3 Å². The SMILES string of the molecule is CCCS(=O)(=O)NC1CCCC1(F)c1ccc(OCC#N)cc1. The van der Waals surface area contributed by atoms with Crippen LogP contribution in [0.4, 0.5) is 4.39 Å². The van der Waals surface area contributed by atoms with E-state index in [9.17, 15) is 8.42 Å². The van der Waals surface area contributed by atoms with E-state index in [1.165, 1.54) is 0 Å². The van der Waals surface area contributed by atoms with Crippen LogP contribution in [0, 0.1) is 11.3 Å². The van der Waals surface area contributed by atoms with Crippen LogP contribution in [0.5, 0.6) is 5.75 Å². The Hall–Kier alpha value is -1.65. The van der Waals surface area contributed by atoms with E-state index in [1.807, 2.05) is 6.07 Å². The Balaban J connectivity index is 2.17. The normalized spacial score (nSPS) is 24.3. The largest absolute Gasteiger partial charge is 0.479 e. The van der Waals surface area contributed by atoms with Gasteiger partial charge in [-0.15, -0.1) is 0 Å². The van der Waals surface area contributed by atoms with Gasteiger partial charge in [-0.25, -0.2) is 17.5 Å². The van der Waals surface area contributed by atoms with E-state index >= 15 is 4.39 Å². The van der Waals surface area contributed by atoms with Crippen LogP contribution in [-0.4, -0.2) is 26.8 Å². The second kappa shape index (κ2) is 7.28. The van der Waals surface area contributed by atoms with Gasteiger partial charge in [0.2, 0.25) is 10.0 Å². The van der Waals surface area contributed by atoms with E-state index < -0.39 is 21.7 Å². The molecular formula is C16H21FN2O3S. The van der Waals surface area contributed by atoms with Crippen LogP contribution in [0.3, 0.4) is 0 Å². The minimum absolute atomic E-state index is 0.000513. The lowest BCUT2D eigenvalue weighted by Gasteiger charge is -2.28. The van der Waals surface area contributed by atoms with E-state index in [-0.39, 0.29) is 18.8 Å². The highest BCUT2D eigenvalue weighted by Crippen LogP contribution is 2.43. The van der Waals surface area contributed by atoms with Crippen LogP contribution in [0.2, 0.25) is 0 Å². The van der Waals surface area contributed by atoms with E-state index in [2.05, 4.69) is 4.72 Å². The molecule has 126 valence electrons. The molecule has 2 atom stereocenters. The lowest BCUT2D eigenvalue weighted by atomic mass is 9.91. The van der Waals surface area contributed by atoms with Gasteiger partial charge in [0.1, 0.15) is 11.8 Å². The monoisotopic (exact) mass is 340 g/mol. The maximum Gasteiger partial charge on any atom is 0.211 e. The Morgan fingerprint density at radius 1 is 1.43 bits per heavy atom. The average Bonchev–Trinajstić information content (AvgIpc) is 2.87. The molecule has 0 spiro atoms. The molecule has 1 aliphatic rings. The second-order valence-corrected chi connectivity index (χ2v) is 7.59. The fraction of sp³-hybridized carbons (Fsp3) is 0.562. The van der Waals surface area contributed by atoms with Crippen molar-refractivity contribution in [3.8, 4) is 11.8 Å². The molecule has 0 saturated heterocycles. The minimum atomic E-state index is -3.47. The summed E-state index contributed by atoms with van der Waals surface area (Å²) < 4.78 is 47.0. The number of nitriles is 1. The average molecular weight is 340 g/mol. The molecule has 0 bridgehead atoms. The Bertz CT molecular complexity index is 670. The maximum absolute atomic E-state index is 15.4. The van der Waals surface area contributed by atoms with Crippen molar-refractivity contribution in [2.45, 2.75) is 44.3 Å². The third-order valence-electron chi connectivity index (χ3n) is 4.02. The number of nitrogens with zero attached hydrogens (tertiary/aromatic N) is 1. The molecule has 1 saturated carbocycles. The highest BCUT2D eigenvalue weighted by Gasteiger charge is 2.46. The fourth-order valence-electron chi connectivity index (χ4n) is 2.95. The summed E-state index contributed by atoms with van der Waals surface area (Å²) in [5.74, 6) is 0.487. The number of benzene rings is 1. The molecule has 5 nitrogen and oxygen atoms in total. The number of alkyl halides is 1. The zero-order valence-corrected chi connectivity index (χ0v) is 13.9. The van der Waals surface area contributed by atoms with Crippen LogP contribution in [0.15, 0.2) is 24.3 Å². The number of sulfonamides is 1. The van der Waals surface area contributed by atoms with E-state index in [0.717, 1.165) is 0 Å². The molecule has 0 amide bonds. The van der Waals surface area contributed by atoms with Crippen LogP contribution in [0.25, 0.3) is 0 Å². The van der Waals surface area contributed by atoms with Gasteiger partial charge in [-0.1, -0.05) is 19.1 Å². The van der Waals surface area contributed by atoms with Crippen molar-refractivity contribution in [2.24, 2.45) is 0 Å². The van der Waals surface area contributed by atoms with Crippen molar-refractivity contribution in [1.29, 1.82) is 5.26 Å². The van der Waals surface area contributed by atoms with Crippen LogP contribution in [0.1, 0.15) is 38.2 Å². The Labute approximate surface area is 136 Å². The zero-order valence-electron chi connectivity index (χ0n) is 13.1. The topological polar surface area (TPSA) is 79.2 Å². The molecule has 23 heavy (non-hydrogen) atoms. The molecule has 1 aliphatic carbocycles. The van der Waals surface area contributed by atoms with E-state index in [1.54, 1.807) is 31.2 Å². The third kappa shape index (κ3) is 4.21. The van der Waals surface area contributed by atoms with Gasteiger partial charge in [0.25, 0.3) is 0 Å². The predicted octanol–water partition coefficient (Wildman–Crippen LogP) is 2.64. The molecule has 1 aromatic carbocycles. The first-order valence-electron chi connectivity index (χ1n) is 7.70. The molecule has 0 aliphatic heterocycles. The van der Waals surface area contributed by atoms with Gasteiger partial charge in [-0.05, 0) is 43.4 Å². The Morgan fingerprint density at radius 2 is 2.13 bits per heavy atom. The first kappa shape index (κ1) is 17.7. The van der Waals surface area contributed by atoms with Crippen molar-refractivity contribution in [2.75, 3.05) is 12.4 Å². The van der Waals surface area contributed by atoms with Crippen LogP contribution in [-0.2, 0) is 15.7 Å². The summed E-state index contributed by atoms with van der Waals surface area (Å²) in [6.07, 6.45) is 1.88. The van der Waals surface area contributed by atoms with Crippen LogP contribution >= 0.6 is 0 Å². The van der Waals surface area contributed by atoms with Gasteiger partial charge in [-0.3, -0.25) is 0 Å². The van der Waals surface area contributed by atoms with Gasteiger partial charge < -0.3 is 4.74 Å². The van der Waals surface area contributed by atoms with E-state index in [4.69, 9.17) is 10.00 Å². The molecule has 1 fully saturated rings. The van der Waals surface area contributed by atoms with E-state index in [0.29, 0.717) is 30.6 Å². The van der Waals surface area contributed by atoms with Gasteiger partial charge in [0, 0.05) is 0 Å². The standard InChI is InChI=1S/C16H21FN2O3S/c1-2-12-23(20,21)19-15-4-3-9-16(15,17)13-5-7-14(8-6-13)22-11-10-18/h5-8,15,19H,2-4,9,11-12H2,1H3. The third-order valence-corrected chi connectivity index (χ3v) is 5.61. The molecular weight excluding hydrogens is 319 g/mol. The van der Waals surface area contributed by atoms with Crippen LogP contribution < -0.4 is 9.46 Å². The van der Waals surface area contributed by atoms with Crippen molar-refractivity contribution in [3.63, 3.8) is 0 Å². The predicted molar refractivity (Wildman–Crippen MR) is 85.2 cm³/mol. The summed E-state index contributed by atoms with van der Waals surface area (Å²) >= 11 is 0. The first-order chi connectivity index (χ1) is 10.9. The van der Waals surface area contributed by atoms with Gasteiger partial charge >= 0.3 is 0 Å². The van der Waals surface area contributed by atoms with Gasteiger partial charge in [0.05, 0.1) is 11.8 Å². The minimum Gasteiger partial charge on any atom is -0.479 e. The summed E-state index contributed by atoms with van der Waals surface area (Å²) in [4.78, 5) is 0. The fourth-order valence-corrected chi connectivity index (χ4v) is 4.35. The Morgan fingerprint density at radius 3 is 2.74 bits per heavy atom. The number of halogens is 1. The number of nitrogens with one attached hydrogen (secondary N) is 1. The summed E-state index contributed by atoms with van der Waals surface area (Å²) in [6.45, 7) is 1.70. The first-order valence-corrected chi connectivity index (χ1v) is 9.35. The molecule has 2 rings (SSSR count). The molecule has 1 N–H and O–H groups in total. The van der Waals surface area contributed by atoms with Crippen molar-refractivity contribution < 1.29 is 17.5 Å². The number of rotatable bonds is 7. The lowest BCUT2D eigenvalue weighted by molar-refractivity contribution is 0.142. The molecule has 0 aromatic heterocycles. The molecule has 0 radical (unpaired) electrons. The smallest absolute Gasteiger partial charge is 0.211 e. The summed E-state index contributed by atoms with van der Waals surface area (Å²) in [5, 5.41) is 8.48. The highest BCUT2D eigenvalue weighted by molar-refractivity contribution is 7.89. The molecule has 7 heteroatoms. The van der Waals surface area contributed by atoms with Gasteiger partial charge in [-0.2, -0.15) is 5.26 Å².